The van der Waals surface area contributed by atoms with Crippen LogP contribution in [0.2, 0.25) is 0 Å². The predicted molar refractivity (Wildman–Crippen MR) is 95.2 cm³/mol. The summed E-state index contributed by atoms with van der Waals surface area (Å²) in [6.07, 6.45) is -3.08. The first-order valence-corrected chi connectivity index (χ1v) is 8.43. The highest BCUT2D eigenvalue weighted by Gasteiger charge is 2.37. The van der Waals surface area contributed by atoms with Crippen molar-refractivity contribution in [2.75, 3.05) is 26.9 Å². The fourth-order valence-electron chi connectivity index (χ4n) is 2.83. The number of esters is 1. The molecule has 1 aromatic rings. The van der Waals surface area contributed by atoms with Gasteiger partial charge < -0.3 is 14.8 Å². The number of urea groups is 1. The molecule has 0 bridgehead atoms. The van der Waals surface area contributed by atoms with Crippen LogP contribution >= 0.6 is 0 Å². The van der Waals surface area contributed by atoms with Gasteiger partial charge in [0.25, 0.3) is 0 Å². The van der Waals surface area contributed by atoms with Crippen LogP contribution in [0.4, 0.5) is 18.0 Å². The minimum Gasteiger partial charge on any atom is -0.460 e. The van der Waals surface area contributed by atoms with Gasteiger partial charge in [0, 0.05) is 19.4 Å². The van der Waals surface area contributed by atoms with Crippen LogP contribution in [0.5, 0.6) is 0 Å². The van der Waals surface area contributed by atoms with Gasteiger partial charge >= 0.3 is 18.2 Å². The van der Waals surface area contributed by atoms with E-state index in [0.717, 1.165) is 12.1 Å². The third-order valence-electron chi connectivity index (χ3n) is 4.20. The summed E-state index contributed by atoms with van der Waals surface area (Å²) in [7, 11) is 1.44. The Balaban J connectivity index is 2.49. The van der Waals surface area contributed by atoms with E-state index in [2.05, 4.69) is 11.9 Å². The van der Waals surface area contributed by atoms with Crippen molar-refractivity contribution in [2.45, 2.75) is 19.1 Å². The number of alkyl halides is 3. The summed E-state index contributed by atoms with van der Waals surface area (Å²) >= 11 is 0. The smallest absolute Gasteiger partial charge is 0.416 e. The van der Waals surface area contributed by atoms with Gasteiger partial charge in [-0.15, -0.1) is 6.58 Å². The van der Waals surface area contributed by atoms with Gasteiger partial charge in [-0.25, -0.2) is 9.59 Å². The quantitative estimate of drug-likeness (QED) is 0.434. The number of carbonyl (C=O) groups is 2. The Morgan fingerprint density at radius 2 is 2.07 bits per heavy atom. The number of allylic oxidation sites excluding steroid dienone is 1. The van der Waals surface area contributed by atoms with Crippen molar-refractivity contribution in [3.8, 4) is 0 Å². The zero-order valence-electron chi connectivity index (χ0n) is 15.5. The highest BCUT2D eigenvalue weighted by atomic mass is 19.4. The second-order valence-electron chi connectivity index (χ2n) is 6.03. The molecule has 28 heavy (non-hydrogen) atoms. The minimum absolute atomic E-state index is 0.0309. The van der Waals surface area contributed by atoms with Gasteiger partial charge in [-0.05, 0) is 24.6 Å². The Morgan fingerprint density at radius 1 is 1.36 bits per heavy atom. The predicted octanol–water partition coefficient (Wildman–Crippen LogP) is 3.42. The third kappa shape index (κ3) is 4.72. The third-order valence-corrected chi connectivity index (χ3v) is 4.20. The summed E-state index contributed by atoms with van der Waals surface area (Å²) < 4.78 is 49.3. The van der Waals surface area contributed by atoms with Crippen molar-refractivity contribution in [2.24, 2.45) is 0 Å². The van der Waals surface area contributed by atoms with Crippen LogP contribution < -0.4 is 5.32 Å². The van der Waals surface area contributed by atoms with Crippen LogP contribution in [0, 0.1) is 0 Å². The van der Waals surface area contributed by atoms with Gasteiger partial charge in [-0.1, -0.05) is 18.2 Å². The van der Waals surface area contributed by atoms with E-state index in [1.165, 1.54) is 37.1 Å². The molecule has 9 heteroatoms. The highest BCUT2D eigenvalue weighted by Crippen LogP contribution is 2.35. The molecule has 1 N–H and O–H groups in total. The number of nitrogens with zero attached hydrogens (tertiary/aromatic N) is 1. The SMILES string of the molecule is C=CCN1C(=O)N[C@H](c2cccc(C(F)(F)F)c2)C(C(=O)OCCOC)=C1C. The van der Waals surface area contributed by atoms with Crippen molar-refractivity contribution in [3.05, 3.63) is 59.3 Å². The van der Waals surface area contributed by atoms with E-state index in [4.69, 9.17) is 9.47 Å². The zero-order valence-corrected chi connectivity index (χ0v) is 15.5. The van der Waals surface area contributed by atoms with Gasteiger partial charge in [0.05, 0.1) is 23.8 Å². The molecule has 152 valence electrons. The molecule has 0 aliphatic carbocycles. The number of ether oxygens (including phenoxy) is 2. The van der Waals surface area contributed by atoms with E-state index < -0.39 is 29.8 Å². The Bertz CT molecular complexity index is 790. The van der Waals surface area contributed by atoms with Crippen molar-refractivity contribution in [1.29, 1.82) is 0 Å². The Morgan fingerprint density at radius 3 is 2.68 bits per heavy atom. The fourth-order valence-corrected chi connectivity index (χ4v) is 2.83. The monoisotopic (exact) mass is 398 g/mol. The van der Waals surface area contributed by atoms with Crippen molar-refractivity contribution < 1.29 is 32.2 Å². The molecule has 1 heterocycles. The first-order chi connectivity index (χ1) is 13.2. The molecular weight excluding hydrogens is 377 g/mol. The van der Waals surface area contributed by atoms with E-state index in [-0.39, 0.29) is 36.6 Å². The number of hydrogen-bond donors (Lipinski definition) is 1. The van der Waals surface area contributed by atoms with Crippen LogP contribution in [-0.2, 0) is 20.4 Å². The molecule has 6 nitrogen and oxygen atoms in total. The van der Waals surface area contributed by atoms with Gasteiger partial charge in [0.1, 0.15) is 6.61 Å². The van der Waals surface area contributed by atoms with Crippen LogP contribution in [0.1, 0.15) is 24.1 Å². The number of nitrogens with one attached hydrogen (secondary N) is 1. The van der Waals surface area contributed by atoms with Gasteiger partial charge in [0.2, 0.25) is 0 Å². The van der Waals surface area contributed by atoms with Crippen LogP contribution in [-0.4, -0.2) is 43.8 Å². The standard InChI is InChI=1S/C19H21F3N2O4/c1-4-8-24-12(2)15(17(25)28-10-9-27-3)16(23-18(24)26)13-6-5-7-14(11-13)19(20,21)22/h4-7,11,16H,1,8-10H2,2-3H3,(H,23,26)/t16-/m1/s1. The maximum absolute atomic E-state index is 13.1. The highest BCUT2D eigenvalue weighted by molar-refractivity contribution is 5.95. The number of carbonyl (C=O) groups excluding carboxylic acids is 2. The summed E-state index contributed by atoms with van der Waals surface area (Å²) in [6, 6.07) is 2.84. The Hall–Kier alpha value is -2.81. The van der Waals surface area contributed by atoms with Gasteiger partial charge in [-0.2, -0.15) is 13.2 Å². The molecule has 0 saturated carbocycles. The number of hydrogen-bond acceptors (Lipinski definition) is 4. The number of halogens is 3. The molecule has 2 rings (SSSR count). The van der Waals surface area contributed by atoms with E-state index in [0.29, 0.717) is 0 Å². The van der Waals surface area contributed by atoms with Gasteiger partial charge in [-0.3, -0.25) is 4.90 Å². The molecule has 1 aliphatic rings. The lowest BCUT2D eigenvalue weighted by molar-refractivity contribution is -0.141. The largest absolute Gasteiger partial charge is 0.460 e. The van der Waals surface area contributed by atoms with E-state index in [9.17, 15) is 22.8 Å². The molecule has 1 aliphatic heterocycles. The molecule has 0 saturated heterocycles. The second kappa shape index (κ2) is 8.92. The fraction of sp³-hybridized carbons (Fsp3) is 0.368. The number of methoxy groups -OCH3 is 1. The normalized spacial score (nSPS) is 17.4. The Labute approximate surface area is 160 Å². The summed E-state index contributed by atoms with van der Waals surface area (Å²) in [5.41, 5.74) is -0.414. The lowest BCUT2D eigenvalue weighted by Gasteiger charge is -2.35. The number of amides is 2. The molecule has 0 unspecified atom stereocenters. The van der Waals surface area contributed by atoms with Crippen LogP contribution in [0.15, 0.2) is 48.2 Å². The van der Waals surface area contributed by atoms with E-state index in [1.807, 2.05) is 0 Å². The van der Waals surface area contributed by atoms with E-state index in [1.54, 1.807) is 0 Å². The summed E-state index contributed by atoms with van der Waals surface area (Å²) in [5, 5.41) is 2.58. The Kier molecular flexibility index (Phi) is 6.85. The van der Waals surface area contributed by atoms with Crippen LogP contribution in [0.25, 0.3) is 0 Å². The first-order valence-electron chi connectivity index (χ1n) is 8.43. The maximum atomic E-state index is 13.1. The summed E-state index contributed by atoms with van der Waals surface area (Å²) in [4.78, 5) is 26.3. The molecule has 1 aromatic carbocycles. The second-order valence-corrected chi connectivity index (χ2v) is 6.03. The van der Waals surface area contributed by atoms with Crippen molar-refractivity contribution >= 4 is 12.0 Å². The van der Waals surface area contributed by atoms with Gasteiger partial charge in [0.15, 0.2) is 0 Å². The molecule has 2 amide bonds. The average Bonchev–Trinajstić information content (AvgIpc) is 2.64. The maximum Gasteiger partial charge on any atom is 0.416 e. The first kappa shape index (κ1) is 21.5. The lowest BCUT2D eigenvalue weighted by Crippen LogP contribution is -2.48. The van der Waals surface area contributed by atoms with Crippen molar-refractivity contribution in [1.82, 2.24) is 10.2 Å². The molecular formula is C19H21F3N2O4. The molecule has 0 aromatic heterocycles. The van der Waals surface area contributed by atoms with Crippen molar-refractivity contribution in [3.63, 3.8) is 0 Å². The van der Waals surface area contributed by atoms with E-state index >= 15 is 0 Å². The molecule has 0 radical (unpaired) electrons. The average molecular weight is 398 g/mol. The molecule has 0 spiro atoms. The lowest BCUT2D eigenvalue weighted by atomic mass is 9.93. The van der Waals surface area contributed by atoms with Crippen LogP contribution in [0.3, 0.4) is 0 Å². The molecule has 1 atom stereocenters. The summed E-state index contributed by atoms with van der Waals surface area (Å²) in [6.45, 7) is 5.36. The summed E-state index contributed by atoms with van der Waals surface area (Å²) in [5.74, 6) is -0.744. The number of benzene rings is 1. The minimum atomic E-state index is -4.55. The zero-order chi connectivity index (χ0) is 20.9. The molecule has 0 fully saturated rings. The topological polar surface area (TPSA) is 67.9 Å². The number of rotatable bonds is 7.